The third-order valence-corrected chi connectivity index (χ3v) is 23.2. The van der Waals surface area contributed by atoms with Crippen LogP contribution in [0.25, 0.3) is 34.4 Å². The molecule has 532 valence electrons. The summed E-state index contributed by atoms with van der Waals surface area (Å²) in [5.41, 5.74) is 15.1. The van der Waals surface area contributed by atoms with Crippen LogP contribution in [0.5, 0.6) is 23.0 Å². The van der Waals surface area contributed by atoms with E-state index in [-0.39, 0.29) is 11.4 Å². The molecule has 2 atom stereocenters. The summed E-state index contributed by atoms with van der Waals surface area (Å²) < 4.78 is 111. The van der Waals surface area contributed by atoms with Crippen molar-refractivity contribution in [3.63, 3.8) is 0 Å². The Morgan fingerprint density at radius 3 is 0.954 bits per heavy atom. The van der Waals surface area contributed by atoms with Crippen LogP contribution < -0.4 is 19.3 Å². The van der Waals surface area contributed by atoms with Gasteiger partial charge in [-0.1, -0.05) is 199 Å². The van der Waals surface area contributed by atoms with E-state index in [1.54, 1.807) is 22.0 Å². The molecule has 0 heterocycles. The maximum absolute atomic E-state index is 17.4. The van der Waals surface area contributed by atoms with E-state index in [2.05, 4.69) is 102 Å². The lowest BCUT2D eigenvalue weighted by Crippen LogP contribution is -2.29. The van der Waals surface area contributed by atoms with Crippen LogP contribution >= 0.6 is 0 Å². The first kappa shape index (κ1) is 68.2. The van der Waals surface area contributed by atoms with Crippen molar-refractivity contribution >= 4 is 46.3 Å². The highest BCUT2D eigenvalue weighted by atomic mass is 19.1. The number of anilines is 6. The molecule has 4 aliphatic rings. The quantitative estimate of drug-likeness (QED) is 0.0900. The maximum atomic E-state index is 17.4. The van der Waals surface area contributed by atoms with E-state index in [0.29, 0.717) is 58.6 Å². The van der Waals surface area contributed by atoms with Crippen molar-refractivity contribution in [1.82, 2.24) is 0 Å². The fourth-order valence-corrected chi connectivity index (χ4v) is 18.7. The molecule has 18 rings (SSSR count). The average Bonchev–Trinajstić information content (AvgIpc) is 1.54. The molecule has 4 aliphatic carbocycles. The number of fused-ring (bicyclic) bond motifs is 10. The third kappa shape index (κ3) is 11.0. The number of halogens is 6. The highest BCUT2D eigenvalue weighted by Gasteiger charge is 2.57. The van der Waals surface area contributed by atoms with Crippen molar-refractivity contribution < 1.29 is 35.8 Å². The van der Waals surface area contributed by atoms with Crippen molar-refractivity contribution in [1.29, 1.82) is 0 Å². The van der Waals surface area contributed by atoms with Crippen molar-refractivity contribution in [2.75, 3.05) is 9.80 Å². The molecule has 0 bridgehead atoms. The first-order valence-corrected chi connectivity index (χ1v) is 36.6. The molecule has 0 N–H and O–H groups in total. The molecule has 14 aromatic carbocycles. The summed E-state index contributed by atoms with van der Waals surface area (Å²) in [6.07, 6.45) is 4.84. The molecule has 14 aromatic rings. The van der Waals surface area contributed by atoms with Gasteiger partial charge in [0.05, 0.1) is 22.2 Å². The van der Waals surface area contributed by atoms with Gasteiger partial charge in [0.2, 0.25) is 0 Å². The van der Waals surface area contributed by atoms with Gasteiger partial charge in [0.15, 0.2) is 0 Å². The number of nitrogens with zero attached hydrogens (tertiary/aromatic N) is 2. The van der Waals surface area contributed by atoms with Crippen LogP contribution in [-0.2, 0) is 27.1 Å². The van der Waals surface area contributed by atoms with Crippen molar-refractivity contribution in [2.24, 2.45) is 0 Å². The van der Waals surface area contributed by atoms with Crippen LogP contribution in [0.4, 0.5) is 60.5 Å². The molecule has 2 unspecified atom stereocenters. The molecule has 0 saturated carbocycles. The normalized spacial score (nSPS) is 17.7. The molecule has 0 fully saturated rings. The number of ether oxygens (including phenoxy) is 2. The zero-order valence-electron chi connectivity index (χ0n) is 60.3. The Morgan fingerprint density at radius 1 is 0.294 bits per heavy atom. The zero-order valence-corrected chi connectivity index (χ0v) is 60.3. The molecule has 1 spiro atoms. The first-order valence-electron chi connectivity index (χ1n) is 36.6. The number of benzene rings is 14. The van der Waals surface area contributed by atoms with Crippen LogP contribution in [0.15, 0.2) is 316 Å². The largest absolute Gasteiger partial charge is 0.457 e. The van der Waals surface area contributed by atoms with Gasteiger partial charge < -0.3 is 19.3 Å². The van der Waals surface area contributed by atoms with Gasteiger partial charge in [-0.25, -0.2) is 26.3 Å². The Balaban J connectivity index is 0.799. The van der Waals surface area contributed by atoms with Crippen molar-refractivity contribution in [3.05, 3.63) is 429 Å². The monoisotopic (exact) mass is 1430 g/mol. The van der Waals surface area contributed by atoms with Crippen LogP contribution in [-0.4, -0.2) is 0 Å². The van der Waals surface area contributed by atoms with Gasteiger partial charge in [-0.2, -0.15) is 0 Å². The Morgan fingerprint density at radius 2 is 0.596 bits per heavy atom. The van der Waals surface area contributed by atoms with Gasteiger partial charge in [-0.15, -0.1) is 0 Å². The number of hydrogen-bond donors (Lipinski definition) is 0. The summed E-state index contributed by atoms with van der Waals surface area (Å²) in [6.45, 7) is 16.8. The molecular formula is C99H72F6N2O2. The summed E-state index contributed by atoms with van der Waals surface area (Å²) in [5.74, 6) is -0.851. The zero-order chi connectivity index (χ0) is 74.9. The second kappa shape index (κ2) is 25.8. The summed E-state index contributed by atoms with van der Waals surface area (Å²) in [6, 6.07) is 92.5. The summed E-state index contributed by atoms with van der Waals surface area (Å²) in [4.78, 5) is 3.61. The summed E-state index contributed by atoms with van der Waals surface area (Å²) >= 11 is 0. The molecular weight excluding hydrogens is 1360 g/mol. The van der Waals surface area contributed by atoms with Gasteiger partial charge >= 0.3 is 0 Å². The second-order valence-electron chi connectivity index (χ2n) is 30.4. The summed E-state index contributed by atoms with van der Waals surface area (Å²) in [7, 11) is 0. The Bertz CT molecular complexity index is 5620. The number of hydrogen-bond acceptors (Lipinski definition) is 4. The van der Waals surface area contributed by atoms with Gasteiger partial charge in [0.1, 0.15) is 57.9 Å². The van der Waals surface area contributed by atoms with Crippen LogP contribution in [0.2, 0.25) is 0 Å². The highest BCUT2D eigenvalue weighted by Crippen LogP contribution is 2.66. The second-order valence-corrected chi connectivity index (χ2v) is 30.4. The van der Waals surface area contributed by atoms with Crippen LogP contribution in [0.1, 0.15) is 118 Å². The smallest absolute Gasteiger partial charge is 0.147 e. The molecule has 0 saturated heterocycles. The van der Waals surface area contributed by atoms with E-state index >= 15 is 26.3 Å². The third-order valence-electron chi connectivity index (χ3n) is 23.2. The minimum absolute atomic E-state index is 0.0170. The van der Waals surface area contributed by atoms with E-state index in [4.69, 9.17) is 9.47 Å². The fraction of sp³-hybridized carbons (Fsp3) is 0.111. The lowest BCUT2D eigenvalue weighted by Gasteiger charge is -2.35. The van der Waals surface area contributed by atoms with E-state index in [9.17, 15) is 0 Å². The van der Waals surface area contributed by atoms with E-state index < -0.39 is 62.0 Å². The molecule has 4 nitrogen and oxygen atoms in total. The molecule has 0 amide bonds. The molecule has 10 heteroatoms. The molecule has 0 radical (unpaired) electrons. The predicted molar refractivity (Wildman–Crippen MR) is 426 cm³/mol. The van der Waals surface area contributed by atoms with E-state index in [1.165, 1.54) is 36.4 Å². The van der Waals surface area contributed by atoms with E-state index in [1.807, 2.05) is 182 Å². The van der Waals surface area contributed by atoms with Gasteiger partial charge in [0, 0.05) is 40.3 Å². The van der Waals surface area contributed by atoms with Crippen LogP contribution in [0.3, 0.4) is 0 Å². The van der Waals surface area contributed by atoms with Gasteiger partial charge in [-0.3, -0.25) is 0 Å². The van der Waals surface area contributed by atoms with Gasteiger partial charge in [0.25, 0.3) is 0 Å². The van der Waals surface area contributed by atoms with E-state index in [0.717, 1.165) is 124 Å². The standard InChI is InChI=1S/C99H72F6N2O2/c1-7-61-17-39-75(40-18-61)108-77-43-25-65(26-44-77)98(63-21-29-67(100)30-22-63)83-15-11-9-13-79(83)81-47-35-71(55-87(81)98)106(93-53-69(102)33-51-91(93)104)73-37-49-85-89(57-73)97(59-95(85,3)4)60-96(5,6)86-50-38-74(58-90(86)97)107(94-54-70(103)34-52-92(94)105)72-36-48-82-80-14-10-12-16-84(80)99(88(82)56-72,64-23-31-68(101)32-24-64)66-27-45-78(46-28-66)109-76-41-19-62(8-2)20-42-76/h7-58H,1-2,59-60H2,3-6H3. The Hall–Kier alpha value is -12.7. The summed E-state index contributed by atoms with van der Waals surface area (Å²) in [5, 5.41) is 0. The SMILES string of the molecule is C=Cc1ccc(Oc2ccc(C3(c4ccc(F)cc4)c4ccccc4-c4ccc(N(c5ccc6c(c5)C5(CC6(C)C)CC(C)(C)c6ccc(N(c7ccc8c(c7)C(c7ccc(F)cc7)(c7ccc(Oc9ccc(C=C)cc9)cc7)c7ccccc7-8)c7cc(F)ccc7F)cc65)c5cc(F)ccc5F)cc43)cc2)cc1. The lowest BCUT2D eigenvalue weighted by molar-refractivity contribution is 0.349. The molecule has 0 aromatic heterocycles. The topological polar surface area (TPSA) is 24.9 Å². The first-order chi connectivity index (χ1) is 52.8. The Labute approximate surface area is 630 Å². The Kier molecular flexibility index (Phi) is 16.1. The highest BCUT2D eigenvalue weighted by molar-refractivity contribution is 5.92. The number of rotatable bonds is 16. The van der Waals surface area contributed by atoms with Gasteiger partial charge in [-0.05, 0) is 269 Å². The predicted octanol–water partition coefficient (Wildman–Crippen LogP) is 26.7. The van der Waals surface area contributed by atoms with Crippen LogP contribution in [0, 0.1) is 34.9 Å². The minimum Gasteiger partial charge on any atom is -0.457 e. The van der Waals surface area contributed by atoms with Crippen molar-refractivity contribution in [3.8, 4) is 45.3 Å². The maximum Gasteiger partial charge on any atom is 0.147 e. The molecule has 109 heavy (non-hydrogen) atoms. The minimum atomic E-state index is -1.07. The fourth-order valence-electron chi connectivity index (χ4n) is 18.7. The lowest BCUT2D eigenvalue weighted by atomic mass is 9.67. The van der Waals surface area contributed by atoms with Crippen molar-refractivity contribution in [2.45, 2.75) is 67.6 Å². The molecule has 0 aliphatic heterocycles. The average molecular weight is 1440 g/mol.